The summed E-state index contributed by atoms with van der Waals surface area (Å²) < 4.78 is 16.0. The Hall–Kier alpha value is -1.10. The number of esters is 2. The number of carbonyl (C=O) groups excluding carboxylic acids is 2. The number of rotatable bonds is 6. The lowest BCUT2D eigenvalue weighted by molar-refractivity contribution is -0.161. The van der Waals surface area contributed by atoms with E-state index < -0.39 is 11.8 Å². The second-order valence-electron chi connectivity index (χ2n) is 5.12. The van der Waals surface area contributed by atoms with Crippen molar-refractivity contribution in [1.29, 1.82) is 0 Å². The molecule has 0 radical (unpaired) electrons. The quantitative estimate of drug-likeness (QED) is 0.543. The molecular weight excluding hydrogens is 248 g/mol. The minimum Gasteiger partial charge on any atom is -0.466 e. The van der Waals surface area contributed by atoms with E-state index in [1.807, 2.05) is 6.92 Å². The van der Waals surface area contributed by atoms with Crippen LogP contribution in [0.25, 0.3) is 0 Å². The summed E-state index contributed by atoms with van der Waals surface area (Å²) in [7, 11) is 0. The van der Waals surface area contributed by atoms with Crippen molar-refractivity contribution in [2.75, 3.05) is 13.2 Å². The summed E-state index contributed by atoms with van der Waals surface area (Å²) in [6.45, 7) is 4.54. The largest absolute Gasteiger partial charge is 0.466 e. The van der Waals surface area contributed by atoms with Gasteiger partial charge in [0.25, 0.3) is 0 Å². The van der Waals surface area contributed by atoms with Crippen molar-refractivity contribution >= 4 is 11.9 Å². The Morgan fingerprint density at radius 1 is 1.05 bits per heavy atom. The first-order valence-corrected chi connectivity index (χ1v) is 7.17. The van der Waals surface area contributed by atoms with Crippen molar-refractivity contribution in [2.45, 2.75) is 51.7 Å². The van der Waals surface area contributed by atoms with Gasteiger partial charge >= 0.3 is 11.9 Å². The molecule has 0 aromatic carbocycles. The normalized spacial score (nSPS) is 32.3. The zero-order chi connectivity index (χ0) is 13.8. The van der Waals surface area contributed by atoms with Gasteiger partial charge in [-0.25, -0.2) is 0 Å². The SMILES string of the molecule is CCCCOC(=O)[C@@H]1[C@@H](C(=O)OCC)[C@@H]2CC[C@@H]1O2. The summed E-state index contributed by atoms with van der Waals surface area (Å²) in [4.78, 5) is 24.1. The summed E-state index contributed by atoms with van der Waals surface area (Å²) >= 11 is 0. The fourth-order valence-corrected chi connectivity index (χ4v) is 2.93. The van der Waals surface area contributed by atoms with Gasteiger partial charge in [-0.15, -0.1) is 0 Å². The average molecular weight is 270 g/mol. The molecule has 2 rings (SSSR count). The number of carbonyl (C=O) groups is 2. The molecule has 5 heteroatoms. The van der Waals surface area contributed by atoms with Gasteiger partial charge in [-0.3, -0.25) is 9.59 Å². The van der Waals surface area contributed by atoms with Crippen LogP contribution in [-0.4, -0.2) is 37.4 Å². The summed E-state index contributed by atoms with van der Waals surface area (Å²) in [6, 6.07) is 0. The van der Waals surface area contributed by atoms with Gasteiger partial charge < -0.3 is 14.2 Å². The Bertz CT molecular complexity index is 341. The van der Waals surface area contributed by atoms with E-state index in [0.717, 1.165) is 25.7 Å². The second-order valence-corrected chi connectivity index (χ2v) is 5.12. The van der Waals surface area contributed by atoms with E-state index in [2.05, 4.69) is 0 Å². The third-order valence-corrected chi connectivity index (χ3v) is 3.85. The highest BCUT2D eigenvalue weighted by atomic mass is 16.6. The van der Waals surface area contributed by atoms with Gasteiger partial charge in [0.15, 0.2) is 0 Å². The number of hydrogen-bond acceptors (Lipinski definition) is 5. The molecule has 2 saturated heterocycles. The molecule has 2 heterocycles. The summed E-state index contributed by atoms with van der Waals surface area (Å²) in [5.41, 5.74) is 0. The van der Waals surface area contributed by atoms with E-state index in [1.54, 1.807) is 6.92 Å². The van der Waals surface area contributed by atoms with E-state index in [0.29, 0.717) is 13.2 Å². The van der Waals surface area contributed by atoms with Crippen molar-refractivity contribution in [3.63, 3.8) is 0 Å². The van der Waals surface area contributed by atoms with Crippen molar-refractivity contribution in [3.8, 4) is 0 Å². The van der Waals surface area contributed by atoms with Gasteiger partial charge in [0, 0.05) is 0 Å². The zero-order valence-electron chi connectivity index (χ0n) is 11.6. The molecule has 0 unspecified atom stereocenters. The Balaban J connectivity index is 1.99. The molecule has 19 heavy (non-hydrogen) atoms. The third-order valence-electron chi connectivity index (χ3n) is 3.85. The minimum atomic E-state index is -0.479. The van der Waals surface area contributed by atoms with Crippen molar-refractivity contribution in [1.82, 2.24) is 0 Å². The highest BCUT2D eigenvalue weighted by Gasteiger charge is 2.56. The monoisotopic (exact) mass is 270 g/mol. The summed E-state index contributed by atoms with van der Waals surface area (Å²) in [5, 5.41) is 0. The minimum absolute atomic E-state index is 0.173. The van der Waals surface area contributed by atoms with Crippen LogP contribution >= 0.6 is 0 Å². The predicted octanol–water partition coefficient (Wildman–Crippen LogP) is 1.69. The number of ether oxygens (including phenoxy) is 3. The van der Waals surface area contributed by atoms with Crippen molar-refractivity contribution in [3.05, 3.63) is 0 Å². The maximum Gasteiger partial charge on any atom is 0.312 e. The standard InChI is InChI=1S/C14H22O5/c1-3-5-8-18-14(16)12-10-7-6-9(19-10)11(12)13(15)17-4-2/h9-12H,3-8H2,1-2H3/t9-,10-,11-,12-/m0/s1. The summed E-state index contributed by atoms with van der Waals surface area (Å²) in [5.74, 6) is -1.59. The average Bonchev–Trinajstić information content (AvgIpc) is 2.99. The molecule has 0 aliphatic carbocycles. The summed E-state index contributed by atoms with van der Waals surface area (Å²) in [6.07, 6.45) is 3.13. The van der Waals surface area contributed by atoms with E-state index in [4.69, 9.17) is 14.2 Å². The molecule has 108 valence electrons. The van der Waals surface area contributed by atoms with E-state index in [9.17, 15) is 9.59 Å². The van der Waals surface area contributed by atoms with Crippen molar-refractivity contribution in [2.24, 2.45) is 11.8 Å². The van der Waals surface area contributed by atoms with Gasteiger partial charge in [-0.05, 0) is 26.2 Å². The van der Waals surface area contributed by atoms with Crippen LogP contribution in [0.1, 0.15) is 39.5 Å². The maximum atomic E-state index is 12.1. The van der Waals surface area contributed by atoms with Crippen LogP contribution in [0.2, 0.25) is 0 Å². The molecule has 0 spiro atoms. The van der Waals surface area contributed by atoms with Gasteiger partial charge in [-0.1, -0.05) is 13.3 Å². The van der Waals surface area contributed by atoms with Crippen LogP contribution in [0.3, 0.4) is 0 Å². The molecule has 4 atom stereocenters. The maximum absolute atomic E-state index is 12.1. The molecule has 2 aliphatic heterocycles. The molecule has 0 aromatic heterocycles. The molecule has 0 N–H and O–H groups in total. The highest BCUT2D eigenvalue weighted by molar-refractivity contribution is 5.84. The number of unbranched alkanes of at least 4 members (excludes halogenated alkanes) is 1. The Labute approximate surface area is 113 Å². The number of hydrogen-bond donors (Lipinski definition) is 0. The lowest BCUT2D eigenvalue weighted by Gasteiger charge is -2.24. The molecule has 2 aliphatic rings. The van der Waals surface area contributed by atoms with E-state index in [-0.39, 0.29) is 24.1 Å². The second kappa shape index (κ2) is 6.37. The van der Waals surface area contributed by atoms with Crippen LogP contribution in [0.15, 0.2) is 0 Å². The highest BCUT2D eigenvalue weighted by Crippen LogP contribution is 2.44. The lowest BCUT2D eigenvalue weighted by atomic mass is 9.79. The van der Waals surface area contributed by atoms with E-state index in [1.165, 1.54) is 0 Å². The first-order valence-electron chi connectivity index (χ1n) is 7.17. The Kier molecular flexibility index (Phi) is 4.80. The predicted molar refractivity (Wildman–Crippen MR) is 67.4 cm³/mol. The van der Waals surface area contributed by atoms with Crippen LogP contribution in [0.5, 0.6) is 0 Å². The molecular formula is C14H22O5. The molecule has 2 fully saturated rings. The third kappa shape index (κ3) is 2.91. The fourth-order valence-electron chi connectivity index (χ4n) is 2.93. The van der Waals surface area contributed by atoms with Gasteiger partial charge in [0.05, 0.1) is 37.3 Å². The topological polar surface area (TPSA) is 61.8 Å². The van der Waals surface area contributed by atoms with Gasteiger partial charge in [0.2, 0.25) is 0 Å². The number of fused-ring (bicyclic) bond motifs is 2. The molecule has 2 bridgehead atoms. The smallest absolute Gasteiger partial charge is 0.312 e. The molecule has 5 nitrogen and oxygen atoms in total. The van der Waals surface area contributed by atoms with Gasteiger partial charge in [0.1, 0.15) is 0 Å². The zero-order valence-corrected chi connectivity index (χ0v) is 11.6. The molecule has 0 saturated carbocycles. The Morgan fingerprint density at radius 2 is 1.63 bits per heavy atom. The Morgan fingerprint density at radius 3 is 2.16 bits per heavy atom. The fraction of sp³-hybridized carbons (Fsp3) is 0.857. The van der Waals surface area contributed by atoms with Gasteiger partial charge in [-0.2, -0.15) is 0 Å². The first-order chi connectivity index (χ1) is 9.19. The van der Waals surface area contributed by atoms with Crippen molar-refractivity contribution < 1.29 is 23.8 Å². The van der Waals surface area contributed by atoms with Crippen LogP contribution in [-0.2, 0) is 23.8 Å². The van der Waals surface area contributed by atoms with Crippen LogP contribution in [0, 0.1) is 11.8 Å². The molecule has 0 amide bonds. The molecule has 0 aromatic rings. The first kappa shape index (κ1) is 14.3. The van der Waals surface area contributed by atoms with Crippen LogP contribution < -0.4 is 0 Å². The van der Waals surface area contributed by atoms with E-state index >= 15 is 0 Å². The van der Waals surface area contributed by atoms with Crippen LogP contribution in [0.4, 0.5) is 0 Å². The lowest BCUT2D eigenvalue weighted by Crippen LogP contribution is -2.40.